The molecule has 0 radical (unpaired) electrons. The van der Waals surface area contributed by atoms with Crippen LogP contribution in [0.2, 0.25) is 0 Å². The predicted octanol–water partition coefficient (Wildman–Crippen LogP) is 3.59. The Bertz CT molecular complexity index is 744. The van der Waals surface area contributed by atoms with Gasteiger partial charge in [-0.3, -0.25) is 10.1 Å². The standard InChI is InChI=1S/C23H32N2O5/c1-14(2)15-8-10-17(11-9-15)24-23(27)30-19-13-29-20-18(12-28-21(19)20)25-22(26)16-6-4-3-5-7-16/h8-11,14,16,18-21H,3-7,12-13H2,1-2H3,(H,24,27)(H,25,26)/t18-,19+,20+,21+/m0/s1. The molecule has 7 heteroatoms. The topological polar surface area (TPSA) is 85.9 Å². The molecule has 0 unspecified atom stereocenters. The van der Waals surface area contributed by atoms with E-state index in [1.165, 1.54) is 12.0 Å². The second-order valence-corrected chi connectivity index (χ2v) is 8.89. The van der Waals surface area contributed by atoms with E-state index in [0.29, 0.717) is 18.2 Å². The highest BCUT2D eigenvalue weighted by Gasteiger charge is 2.50. The largest absolute Gasteiger partial charge is 0.441 e. The van der Waals surface area contributed by atoms with Crippen molar-refractivity contribution in [1.29, 1.82) is 0 Å². The Morgan fingerprint density at radius 1 is 1.00 bits per heavy atom. The van der Waals surface area contributed by atoms with Gasteiger partial charge in [0.25, 0.3) is 0 Å². The van der Waals surface area contributed by atoms with Crippen LogP contribution < -0.4 is 10.6 Å². The maximum Gasteiger partial charge on any atom is 0.412 e. The Morgan fingerprint density at radius 3 is 2.40 bits per heavy atom. The number of carbonyl (C=O) groups excluding carboxylic acids is 2. The van der Waals surface area contributed by atoms with Crippen molar-refractivity contribution in [2.24, 2.45) is 5.92 Å². The van der Waals surface area contributed by atoms with Crippen LogP contribution in [0.4, 0.5) is 10.5 Å². The van der Waals surface area contributed by atoms with Crippen molar-refractivity contribution in [1.82, 2.24) is 5.32 Å². The second-order valence-electron chi connectivity index (χ2n) is 8.89. The summed E-state index contributed by atoms with van der Waals surface area (Å²) in [4.78, 5) is 24.9. The first-order chi connectivity index (χ1) is 14.5. The molecule has 4 rings (SSSR count). The third kappa shape index (κ3) is 4.78. The van der Waals surface area contributed by atoms with E-state index >= 15 is 0 Å². The van der Waals surface area contributed by atoms with Gasteiger partial charge in [0, 0.05) is 11.6 Å². The van der Waals surface area contributed by atoms with Gasteiger partial charge in [0.1, 0.15) is 12.2 Å². The molecule has 30 heavy (non-hydrogen) atoms. The van der Waals surface area contributed by atoms with Gasteiger partial charge in [0.2, 0.25) is 5.91 Å². The summed E-state index contributed by atoms with van der Waals surface area (Å²) in [5, 5.41) is 5.86. The van der Waals surface area contributed by atoms with Gasteiger partial charge in [-0.05, 0) is 36.5 Å². The summed E-state index contributed by atoms with van der Waals surface area (Å²) >= 11 is 0. The van der Waals surface area contributed by atoms with E-state index in [1.807, 2.05) is 24.3 Å². The molecule has 164 valence electrons. The summed E-state index contributed by atoms with van der Waals surface area (Å²) in [7, 11) is 0. The van der Waals surface area contributed by atoms with Gasteiger partial charge in [-0.2, -0.15) is 0 Å². The zero-order valence-electron chi connectivity index (χ0n) is 17.8. The lowest BCUT2D eigenvalue weighted by Crippen LogP contribution is -2.46. The quantitative estimate of drug-likeness (QED) is 0.766. The fourth-order valence-corrected chi connectivity index (χ4v) is 4.59. The highest BCUT2D eigenvalue weighted by Crippen LogP contribution is 2.30. The van der Waals surface area contributed by atoms with E-state index < -0.39 is 12.2 Å². The normalized spacial score (nSPS) is 28.9. The average Bonchev–Trinajstić information content (AvgIpc) is 3.32. The Balaban J connectivity index is 1.27. The number of benzene rings is 1. The van der Waals surface area contributed by atoms with Crippen molar-refractivity contribution in [3.05, 3.63) is 29.8 Å². The maximum absolute atomic E-state index is 12.6. The molecule has 0 spiro atoms. The molecular weight excluding hydrogens is 384 g/mol. The lowest BCUT2D eigenvalue weighted by atomic mass is 9.88. The molecule has 4 atom stereocenters. The number of carbonyl (C=O) groups is 2. The van der Waals surface area contributed by atoms with Crippen LogP contribution in [0.1, 0.15) is 57.4 Å². The molecule has 1 aromatic carbocycles. The smallest absolute Gasteiger partial charge is 0.412 e. The van der Waals surface area contributed by atoms with Crippen LogP contribution in [0.25, 0.3) is 0 Å². The average molecular weight is 417 g/mol. The van der Waals surface area contributed by atoms with Gasteiger partial charge in [0.05, 0.1) is 19.3 Å². The molecule has 1 aromatic rings. The minimum absolute atomic E-state index is 0.0964. The van der Waals surface area contributed by atoms with E-state index in [-0.39, 0.29) is 36.7 Å². The van der Waals surface area contributed by atoms with Gasteiger partial charge < -0.3 is 19.5 Å². The zero-order valence-corrected chi connectivity index (χ0v) is 17.8. The fraction of sp³-hybridized carbons (Fsp3) is 0.652. The number of ether oxygens (including phenoxy) is 3. The Labute approximate surface area is 177 Å². The first kappa shape index (κ1) is 21.1. The molecule has 7 nitrogen and oxygen atoms in total. The van der Waals surface area contributed by atoms with E-state index in [9.17, 15) is 9.59 Å². The number of hydrogen-bond acceptors (Lipinski definition) is 5. The Morgan fingerprint density at radius 2 is 1.70 bits per heavy atom. The van der Waals surface area contributed by atoms with Crippen LogP contribution in [0.3, 0.4) is 0 Å². The van der Waals surface area contributed by atoms with Gasteiger partial charge in [-0.15, -0.1) is 0 Å². The van der Waals surface area contributed by atoms with Crippen LogP contribution >= 0.6 is 0 Å². The van der Waals surface area contributed by atoms with Crippen molar-refractivity contribution >= 4 is 17.7 Å². The highest BCUT2D eigenvalue weighted by molar-refractivity contribution is 5.84. The minimum atomic E-state index is -0.528. The van der Waals surface area contributed by atoms with Crippen molar-refractivity contribution in [2.75, 3.05) is 18.5 Å². The van der Waals surface area contributed by atoms with Crippen LogP contribution in [0.15, 0.2) is 24.3 Å². The molecule has 2 aliphatic heterocycles. The fourth-order valence-electron chi connectivity index (χ4n) is 4.59. The number of nitrogens with one attached hydrogen (secondary N) is 2. The van der Waals surface area contributed by atoms with Crippen molar-refractivity contribution in [3.8, 4) is 0 Å². The lowest BCUT2D eigenvalue weighted by molar-refractivity contribution is -0.127. The molecule has 3 aliphatic rings. The van der Waals surface area contributed by atoms with Crippen molar-refractivity contribution in [2.45, 2.75) is 76.2 Å². The molecule has 0 aromatic heterocycles. The third-order valence-corrected chi connectivity index (χ3v) is 6.39. The van der Waals surface area contributed by atoms with Crippen LogP contribution in [0, 0.1) is 5.92 Å². The summed E-state index contributed by atoms with van der Waals surface area (Å²) in [5.74, 6) is 0.628. The van der Waals surface area contributed by atoms with E-state index in [4.69, 9.17) is 14.2 Å². The Kier molecular flexibility index (Phi) is 6.58. The molecule has 1 saturated carbocycles. The number of amides is 2. The molecule has 1 aliphatic carbocycles. The third-order valence-electron chi connectivity index (χ3n) is 6.39. The molecule has 2 amide bonds. The van der Waals surface area contributed by atoms with E-state index in [2.05, 4.69) is 24.5 Å². The molecule has 0 bridgehead atoms. The first-order valence-corrected chi connectivity index (χ1v) is 11.1. The van der Waals surface area contributed by atoms with Crippen molar-refractivity contribution < 1.29 is 23.8 Å². The maximum atomic E-state index is 12.6. The predicted molar refractivity (Wildman–Crippen MR) is 112 cm³/mol. The number of anilines is 1. The zero-order chi connectivity index (χ0) is 21.1. The van der Waals surface area contributed by atoms with Crippen LogP contribution in [-0.2, 0) is 19.0 Å². The van der Waals surface area contributed by atoms with Gasteiger partial charge >= 0.3 is 6.09 Å². The molecule has 2 N–H and O–H groups in total. The second kappa shape index (κ2) is 9.35. The summed E-state index contributed by atoms with van der Waals surface area (Å²) in [6.45, 7) is 4.90. The number of rotatable bonds is 5. The lowest BCUT2D eigenvalue weighted by Gasteiger charge is -2.24. The number of hydrogen-bond donors (Lipinski definition) is 2. The van der Waals surface area contributed by atoms with Gasteiger partial charge in [-0.1, -0.05) is 45.2 Å². The van der Waals surface area contributed by atoms with Gasteiger partial charge in [-0.25, -0.2) is 4.79 Å². The van der Waals surface area contributed by atoms with Gasteiger partial charge in [0.15, 0.2) is 6.10 Å². The summed E-state index contributed by atoms with van der Waals surface area (Å²) in [6.07, 6.45) is 3.72. The molecule has 2 saturated heterocycles. The summed E-state index contributed by atoms with van der Waals surface area (Å²) in [5.41, 5.74) is 1.89. The summed E-state index contributed by atoms with van der Waals surface area (Å²) in [6, 6.07) is 7.54. The van der Waals surface area contributed by atoms with Crippen LogP contribution in [-0.4, -0.2) is 49.6 Å². The van der Waals surface area contributed by atoms with E-state index in [1.54, 1.807) is 0 Å². The van der Waals surface area contributed by atoms with Crippen LogP contribution in [0.5, 0.6) is 0 Å². The molecule has 3 fully saturated rings. The van der Waals surface area contributed by atoms with Crippen molar-refractivity contribution in [3.63, 3.8) is 0 Å². The number of fused-ring (bicyclic) bond motifs is 1. The molecular formula is C23H32N2O5. The SMILES string of the molecule is CC(C)c1ccc(NC(=O)O[C@@H]2CO[C@H]3[C@@H]2OC[C@@H]3NC(=O)C2CCCCC2)cc1. The van der Waals surface area contributed by atoms with E-state index in [0.717, 1.165) is 25.7 Å². The monoisotopic (exact) mass is 416 g/mol. The Hall–Kier alpha value is -2.12. The minimum Gasteiger partial charge on any atom is -0.441 e. The first-order valence-electron chi connectivity index (χ1n) is 11.1. The molecule has 2 heterocycles. The summed E-state index contributed by atoms with van der Waals surface area (Å²) < 4.78 is 17.2. The highest BCUT2D eigenvalue weighted by atomic mass is 16.6.